The van der Waals surface area contributed by atoms with E-state index in [2.05, 4.69) is 44.1 Å². The summed E-state index contributed by atoms with van der Waals surface area (Å²) in [7, 11) is -3.48. The summed E-state index contributed by atoms with van der Waals surface area (Å²) in [6, 6.07) is 21.3. The first-order chi connectivity index (χ1) is 25.8. The summed E-state index contributed by atoms with van der Waals surface area (Å²) < 4.78 is 37.0. The van der Waals surface area contributed by atoms with Gasteiger partial charge >= 0.3 is 5.97 Å². The van der Waals surface area contributed by atoms with Crippen LogP contribution in [-0.2, 0) is 47.1 Å². The summed E-state index contributed by atoms with van der Waals surface area (Å²) >= 11 is 17.7. The predicted octanol–water partition coefficient (Wildman–Crippen LogP) is 8.03. The molecule has 0 unspecified atom stereocenters. The van der Waals surface area contributed by atoms with Crippen LogP contribution in [0.5, 0.6) is 11.8 Å². The number of pyridine rings is 2. The number of aromatic nitrogens is 2. The van der Waals surface area contributed by atoms with Crippen LogP contribution in [0.25, 0.3) is 22.3 Å². The second-order valence-electron chi connectivity index (χ2n) is 13.4. The Kier molecular flexibility index (Phi) is 12.6. The number of nitrogens with two attached hydrogens (primary N) is 1. The molecule has 0 saturated carbocycles. The van der Waals surface area contributed by atoms with Gasteiger partial charge in [0.05, 0.1) is 31.9 Å². The fraction of sp³-hybridized carbons (Fsp3) is 0.275. The number of halogens is 3. The molecule has 6 rings (SSSR count). The van der Waals surface area contributed by atoms with E-state index in [0.717, 1.165) is 41.4 Å². The predicted molar refractivity (Wildman–Crippen MR) is 212 cm³/mol. The van der Waals surface area contributed by atoms with E-state index in [0.29, 0.717) is 44.0 Å². The van der Waals surface area contributed by atoms with Crippen LogP contribution in [0.15, 0.2) is 88.5 Å². The minimum absolute atomic E-state index is 0.0359. The van der Waals surface area contributed by atoms with E-state index in [9.17, 15) is 18.3 Å². The van der Waals surface area contributed by atoms with Crippen molar-refractivity contribution in [3.63, 3.8) is 0 Å². The van der Waals surface area contributed by atoms with Crippen molar-refractivity contribution < 1.29 is 32.9 Å². The van der Waals surface area contributed by atoms with Crippen molar-refractivity contribution in [3.8, 4) is 34.0 Å². The van der Waals surface area contributed by atoms with Gasteiger partial charge in [-0.3, -0.25) is 9.78 Å². The molecule has 2 heterocycles. The number of aliphatic hydroxyl groups excluding tert-OH is 1. The summed E-state index contributed by atoms with van der Waals surface area (Å²) in [5, 5.41) is 20.1. The Labute approximate surface area is 332 Å². The number of carboxylic acids is 1. The molecule has 1 aliphatic rings. The van der Waals surface area contributed by atoms with E-state index in [1.807, 2.05) is 36.4 Å². The number of nitrogens with zero attached hydrogens (tertiary/aromatic N) is 2. The fourth-order valence-corrected chi connectivity index (χ4v) is 8.17. The summed E-state index contributed by atoms with van der Waals surface area (Å²) in [6.07, 6.45) is 5.36. The van der Waals surface area contributed by atoms with Gasteiger partial charge in [0.25, 0.3) is 0 Å². The molecule has 0 spiro atoms. The molecule has 1 aliphatic carbocycles. The van der Waals surface area contributed by atoms with Crippen LogP contribution in [0.4, 0.5) is 0 Å². The first-order valence-corrected chi connectivity index (χ1v) is 20.6. The Bertz CT molecular complexity index is 2310. The highest BCUT2D eigenvalue weighted by atomic mass is 79.9. The number of aryl methyl sites for hydroxylation is 1. The Morgan fingerprint density at radius 2 is 1.63 bits per heavy atom. The molecule has 3 aromatic carbocycles. The van der Waals surface area contributed by atoms with Crippen LogP contribution < -0.4 is 15.2 Å². The molecule has 2 atom stereocenters. The van der Waals surface area contributed by atoms with E-state index in [4.69, 9.17) is 43.5 Å². The molecule has 0 fully saturated rings. The van der Waals surface area contributed by atoms with Crippen molar-refractivity contribution in [1.82, 2.24) is 9.97 Å². The molecule has 54 heavy (non-hydrogen) atoms. The van der Waals surface area contributed by atoms with E-state index < -0.39 is 21.9 Å². The molecule has 5 aromatic rings. The lowest BCUT2D eigenvalue weighted by atomic mass is 9.96. The van der Waals surface area contributed by atoms with Crippen molar-refractivity contribution in [3.05, 3.63) is 121 Å². The first kappa shape index (κ1) is 39.6. The number of hydrogen-bond acceptors (Lipinski definition) is 9. The van der Waals surface area contributed by atoms with E-state index in [-0.39, 0.29) is 48.8 Å². The average Bonchev–Trinajstić information content (AvgIpc) is 3.50. The maximum atomic E-state index is 12.1. The number of aliphatic carboxylic acids is 1. The minimum atomic E-state index is -3.48. The van der Waals surface area contributed by atoms with Gasteiger partial charge < -0.3 is 25.4 Å². The van der Waals surface area contributed by atoms with Gasteiger partial charge in [0.2, 0.25) is 11.8 Å². The van der Waals surface area contributed by atoms with Gasteiger partial charge in [-0.1, -0.05) is 77.8 Å². The van der Waals surface area contributed by atoms with Gasteiger partial charge in [-0.15, -0.1) is 0 Å². The number of rotatable bonds is 15. The molecule has 0 saturated heterocycles. The SMILES string of the molecule is CS(=O)(=O)c1cncc(COc2nc(OCc3cccc(-c4cccc(-c5ccc6c(c5)C[C@@H](N)C6)c4Cl)c3Cl)c(Br)cc2CCC[C@@H](O)CC(=O)O)c1. The molecule has 0 bridgehead atoms. The zero-order chi connectivity index (χ0) is 38.6. The molecule has 14 heteroatoms. The normalized spacial score (nSPS) is 14.4. The molecular formula is C40H38BrCl2N3O7S. The van der Waals surface area contributed by atoms with Gasteiger partial charge in [0.1, 0.15) is 13.2 Å². The zero-order valence-corrected chi connectivity index (χ0v) is 33.2. The molecule has 0 amide bonds. The summed E-state index contributed by atoms with van der Waals surface area (Å²) in [5.74, 6) is -0.631. The minimum Gasteiger partial charge on any atom is -0.481 e. The van der Waals surface area contributed by atoms with Crippen LogP contribution >= 0.6 is 39.1 Å². The quantitative estimate of drug-likeness (QED) is 0.0941. The molecule has 0 aliphatic heterocycles. The largest absolute Gasteiger partial charge is 0.481 e. The van der Waals surface area contributed by atoms with Crippen LogP contribution in [0.1, 0.15) is 47.1 Å². The highest BCUT2D eigenvalue weighted by Crippen LogP contribution is 2.41. The Morgan fingerprint density at radius 3 is 2.39 bits per heavy atom. The van der Waals surface area contributed by atoms with Gasteiger partial charge in [-0.05, 0) is 76.9 Å². The Morgan fingerprint density at radius 1 is 0.926 bits per heavy atom. The van der Waals surface area contributed by atoms with Crippen molar-refractivity contribution >= 4 is 54.9 Å². The fourth-order valence-electron chi connectivity index (χ4n) is 6.46. The highest BCUT2D eigenvalue weighted by Gasteiger charge is 2.21. The summed E-state index contributed by atoms with van der Waals surface area (Å²) in [6.45, 7) is 0.0207. The van der Waals surface area contributed by atoms with Crippen molar-refractivity contribution in [1.29, 1.82) is 0 Å². The molecule has 282 valence electrons. The summed E-state index contributed by atoms with van der Waals surface area (Å²) in [4.78, 5) is 19.8. The van der Waals surface area contributed by atoms with Crippen molar-refractivity contribution in [2.24, 2.45) is 5.73 Å². The average molecular weight is 856 g/mol. The lowest BCUT2D eigenvalue weighted by Gasteiger charge is -2.17. The first-order valence-electron chi connectivity index (χ1n) is 17.2. The molecule has 2 aromatic heterocycles. The third kappa shape index (κ3) is 9.60. The lowest BCUT2D eigenvalue weighted by Crippen LogP contribution is -2.18. The smallest absolute Gasteiger partial charge is 0.305 e. The number of ether oxygens (including phenoxy) is 2. The number of aliphatic hydroxyl groups is 1. The number of sulfone groups is 1. The molecule has 0 radical (unpaired) electrons. The third-order valence-electron chi connectivity index (χ3n) is 9.16. The third-order valence-corrected chi connectivity index (χ3v) is 11.7. The number of hydrogen-bond donors (Lipinski definition) is 3. The number of benzene rings is 3. The molecule has 4 N–H and O–H groups in total. The van der Waals surface area contributed by atoms with Gasteiger partial charge in [-0.2, -0.15) is 4.98 Å². The number of fused-ring (bicyclic) bond motifs is 1. The lowest BCUT2D eigenvalue weighted by molar-refractivity contribution is -0.139. The van der Waals surface area contributed by atoms with Crippen LogP contribution in [0.2, 0.25) is 10.0 Å². The molecule has 10 nitrogen and oxygen atoms in total. The topological polar surface area (TPSA) is 162 Å². The van der Waals surface area contributed by atoms with Gasteiger partial charge in [-0.25, -0.2) is 8.42 Å². The van der Waals surface area contributed by atoms with Crippen LogP contribution in [0, 0.1) is 0 Å². The number of carbonyl (C=O) groups is 1. The van der Waals surface area contributed by atoms with E-state index >= 15 is 0 Å². The van der Waals surface area contributed by atoms with E-state index in [1.165, 1.54) is 29.6 Å². The monoisotopic (exact) mass is 853 g/mol. The maximum absolute atomic E-state index is 12.1. The second-order valence-corrected chi connectivity index (χ2v) is 17.0. The Hall–Kier alpha value is -4.04. The van der Waals surface area contributed by atoms with Gasteiger partial charge in [0, 0.05) is 58.1 Å². The standard InChI is InChI=1S/C40H38BrCl2N3O7S/c1-54(50,51)31-13-23(19-45-20-31)21-52-39-26(5-2-7-30(47)18-36(48)49)17-35(41)40(46-39)53-22-27-6-3-9-33(37(27)42)34-10-4-8-32(38(34)43)25-12-11-24-15-29(44)16-28(24)14-25/h3-4,6,8-14,17,19-20,29-30,47H,2,5,7,15-16,18,21-22,44H2,1H3,(H,48,49)/t29-,30+/m0/s1. The summed E-state index contributed by atoms with van der Waals surface area (Å²) in [5.41, 5.74) is 14.0. The van der Waals surface area contributed by atoms with E-state index in [1.54, 1.807) is 6.07 Å². The maximum Gasteiger partial charge on any atom is 0.305 e. The molecular weight excluding hydrogens is 817 g/mol. The second kappa shape index (κ2) is 17.2. The van der Waals surface area contributed by atoms with Crippen molar-refractivity contribution in [2.45, 2.75) is 68.8 Å². The zero-order valence-electron chi connectivity index (χ0n) is 29.3. The highest BCUT2D eigenvalue weighted by molar-refractivity contribution is 9.10. The van der Waals surface area contributed by atoms with Crippen LogP contribution in [-0.4, -0.2) is 53.0 Å². The van der Waals surface area contributed by atoms with Gasteiger partial charge in [0.15, 0.2) is 9.84 Å². The Balaban J connectivity index is 1.23. The van der Waals surface area contributed by atoms with Crippen LogP contribution in [0.3, 0.4) is 0 Å². The number of carboxylic acid groups (broad SMARTS) is 1. The van der Waals surface area contributed by atoms with Crippen molar-refractivity contribution in [2.75, 3.05) is 6.26 Å².